The van der Waals surface area contributed by atoms with E-state index in [1.54, 1.807) is 13.0 Å². The van der Waals surface area contributed by atoms with Gasteiger partial charge >= 0.3 is 0 Å². The molecule has 0 amide bonds. The number of allylic oxidation sites excluding steroid dienone is 1. The smallest absolute Gasteiger partial charge is 0.269 e. The Bertz CT molecular complexity index is 512. The highest BCUT2D eigenvalue weighted by Crippen LogP contribution is 2.31. The molecule has 0 spiro atoms. The summed E-state index contributed by atoms with van der Waals surface area (Å²) in [5, 5.41) is 0. The highest BCUT2D eigenvalue weighted by atomic mass is 16.7. The van der Waals surface area contributed by atoms with Gasteiger partial charge in [-0.05, 0) is 12.5 Å². The zero-order valence-corrected chi connectivity index (χ0v) is 9.15. The van der Waals surface area contributed by atoms with Crippen molar-refractivity contribution in [1.29, 1.82) is 0 Å². The van der Waals surface area contributed by atoms with E-state index in [0.29, 0.717) is 5.76 Å². The van der Waals surface area contributed by atoms with Crippen molar-refractivity contribution in [3.8, 4) is 5.75 Å². The van der Waals surface area contributed by atoms with Gasteiger partial charge in [-0.15, -0.1) is 0 Å². The van der Waals surface area contributed by atoms with Crippen molar-refractivity contribution in [2.45, 2.75) is 19.6 Å². The monoisotopic (exact) mass is 220 g/mol. The summed E-state index contributed by atoms with van der Waals surface area (Å²) in [6.45, 7) is 7.30. The van der Waals surface area contributed by atoms with Crippen LogP contribution < -0.4 is 10.2 Å². The van der Waals surface area contributed by atoms with Crippen LogP contribution in [0.25, 0.3) is 0 Å². The highest BCUT2D eigenvalue weighted by Gasteiger charge is 2.33. The van der Waals surface area contributed by atoms with Gasteiger partial charge in [0.15, 0.2) is 0 Å². The van der Waals surface area contributed by atoms with Gasteiger partial charge in [0.1, 0.15) is 12.0 Å². The molecule has 0 saturated carbocycles. The number of hydrogen-bond donors (Lipinski definition) is 0. The van der Waals surface area contributed by atoms with Gasteiger partial charge in [-0.1, -0.05) is 6.58 Å². The zero-order chi connectivity index (χ0) is 11.8. The molecule has 1 aliphatic rings. The van der Waals surface area contributed by atoms with E-state index in [2.05, 4.69) is 6.58 Å². The van der Waals surface area contributed by atoms with E-state index in [1.165, 1.54) is 18.6 Å². The first kappa shape index (κ1) is 10.5. The fraction of sp³-hybridized carbons (Fsp3) is 0.250. The molecule has 2 rings (SSSR count). The molecule has 1 aliphatic heterocycles. The third-order valence-corrected chi connectivity index (χ3v) is 2.27. The van der Waals surface area contributed by atoms with Crippen LogP contribution in [0.4, 0.5) is 0 Å². The molecule has 4 nitrogen and oxygen atoms in total. The molecule has 0 bridgehead atoms. The summed E-state index contributed by atoms with van der Waals surface area (Å²) in [7, 11) is 0. The Balaban J connectivity index is 2.27. The lowest BCUT2D eigenvalue weighted by atomic mass is 10.2. The van der Waals surface area contributed by atoms with Crippen molar-refractivity contribution in [1.82, 2.24) is 0 Å². The van der Waals surface area contributed by atoms with Crippen molar-refractivity contribution in [2.24, 2.45) is 0 Å². The number of rotatable bonds is 2. The maximum Gasteiger partial charge on any atom is 0.269 e. The molecule has 0 aliphatic carbocycles. The van der Waals surface area contributed by atoms with Crippen molar-refractivity contribution in [3.63, 3.8) is 0 Å². The molecule has 16 heavy (non-hydrogen) atoms. The first-order chi connectivity index (χ1) is 7.50. The lowest BCUT2D eigenvalue weighted by Crippen LogP contribution is -2.31. The summed E-state index contributed by atoms with van der Waals surface area (Å²) in [5.74, 6) is -0.330. The molecule has 0 saturated heterocycles. The third kappa shape index (κ3) is 1.86. The third-order valence-electron chi connectivity index (χ3n) is 2.27. The quantitative estimate of drug-likeness (QED) is 0.766. The van der Waals surface area contributed by atoms with Gasteiger partial charge in [0.2, 0.25) is 11.2 Å². The molecule has 1 aromatic heterocycles. The van der Waals surface area contributed by atoms with E-state index in [4.69, 9.17) is 13.9 Å². The standard InChI is InChI=1S/C12H12O4/c1-8-6-12(3,15-9(8)2)16-11-7-14-5-4-10(11)13/h4-7H,2H2,1,3H3/t12-/m0/s1. The summed E-state index contributed by atoms with van der Waals surface area (Å²) in [6.07, 6.45) is 4.32. The van der Waals surface area contributed by atoms with Gasteiger partial charge in [0.05, 0.1) is 6.26 Å². The summed E-state index contributed by atoms with van der Waals surface area (Å²) < 4.78 is 15.8. The Hall–Kier alpha value is -1.97. The molecule has 84 valence electrons. The highest BCUT2D eigenvalue weighted by molar-refractivity contribution is 5.30. The van der Waals surface area contributed by atoms with Gasteiger partial charge in [-0.2, -0.15) is 0 Å². The van der Waals surface area contributed by atoms with Crippen LogP contribution in [-0.4, -0.2) is 5.79 Å². The van der Waals surface area contributed by atoms with Crippen LogP contribution in [-0.2, 0) is 4.74 Å². The average Bonchev–Trinajstić information content (AvgIpc) is 2.45. The topological polar surface area (TPSA) is 48.7 Å². The fourth-order valence-electron chi connectivity index (χ4n) is 1.51. The van der Waals surface area contributed by atoms with E-state index in [9.17, 15) is 4.79 Å². The maximum absolute atomic E-state index is 11.4. The largest absolute Gasteiger partial charge is 0.468 e. The van der Waals surface area contributed by atoms with Crippen LogP contribution in [0.2, 0.25) is 0 Å². The van der Waals surface area contributed by atoms with E-state index in [0.717, 1.165) is 5.57 Å². The van der Waals surface area contributed by atoms with Gasteiger partial charge in [0.25, 0.3) is 5.79 Å². The lowest BCUT2D eigenvalue weighted by Gasteiger charge is -2.23. The molecule has 0 radical (unpaired) electrons. The molecule has 0 unspecified atom stereocenters. The summed E-state index contributed by atoms with van der Waals surface area (Å²) in [6, 6.07) is 1.29. The lowest BCUT2D eigenvalue weighted by molar-refractivity contribution is -0.0870. The molecule has 0 N–H and O–H groups in total. The SMILES string of the molecule is C=C1O[C@@](C)(Oc2coccc2=O)C=C1C. The van der Waals surface area contributed by atoms with Crippen molar-refractivity contribution in [3.05, 3.63) is 52.8 Å². The van der Waals surface area contributed by atoms with Crippen LogP contribution in [0.3, 0.4) is 0 Å². The molecule has 1 atom stereocenters. The Morgan fingerprint density at radius 1 is 1.50 bits per heavy atom. The van der Waals surface area contributed by atoms with Crippen LogP contribution >= 0.6 is 0 Å². The molecular weight excluding hydrogens is 208 g/mol. The van der Waals surface area contributed by atoms with Crippen molar-refractivity contribution in [2.75, 3.05) is 0 Å². The summed E-state index contributed by atoms with van der Waals surface area (Å²) >= 11 is 0. The number of hydrogen-bond acceptors (Lipinski definition) is 4. The summed E-state index contributed by atoms with van der Waals surface area (Å²) in [5.41, 5.74) is 0.641. The van der Waals surface area contributed by atoms with Crippen LogP contribution in [0.1, 0.15) is 13.8 Å². The van der Waals surface area contributed by atoms with Gasteiger partial charge in [0, 0.05) is 19.1 Å². The Morgan fingerprint density at radius 2 is 2.25 bits per heavy atom. The van der Waals surface area contributed by atoms with Gasteiger partial charge < -0.3 is 13.9 Å². The van der Waals surface area contributed by atoms with E-state index in [-0.39, 0.29) is 11.2 Å². The minimum Gasteiger partial charge on any atom is -0.468 e. The molecule has 0 aromatic carbocycles. The molecular formula is C12H12O4. The second kappa shape index (κ2) is 3.56. The Kier molecular flexibility index (Phi) is 2.34. The average molecular weight is 220 g/mol. The maximum atomic E-state index is 11.4. The first-order valence-electron chi connectivity index (χ1n) is 4.83. The van der Waals surface area contributed by atoms with Crippen molar-refractivity contribution >= 4 is 0 Å². The van der Waals surface area contributed by atoms with E-state index in [1.807, 2.05) is 6.92 Å². The molecule has 4 heteroatoms. The molecule has 1 aromatic rings. The molecule has 2 heterocycles. The van der Waals surface area contributed by atoms with Crippen LogP contribution in [0.5, 0.6) is 5.75 Å². The van der Waals surface area contributed by atoms with E-state index >= 15 is 0 Å². The second-order valence-electron chi connectivity index (χ2n) is 3.76. The zero-order valence-electron chi connectivity index (χ0n) is 9.15. The minimum absolute atomic E-state index is 0.115. The van der Waals surface area contributed by atoms with Crippen molar-refractivity contribution < 1.29 is 13.9 Å². The normalized spacial score (nSPS) is 23.9. The number of ether oxygens (including phenoxy) is 2. The summed E-state index contributed by atoms with van der Waals surface area (Å²) in [4.78, 5) is 11.4. The van der Waals surface area contributed by atoms with E-state index < -0.39 is 5.79 Å². The predicted molar refractivity (Wildman–Crippen MR) is 58.0 cm³/mol. The Morgan fingerprint density at radius 3 is 2.81 bits per heavy atom. The Labute approximate surface area is 92.8 Å². The van der Waals surface area contributed by atoms with Gasteiger partial charge in [-0.25, -0.2) is 0 Å². The predicted octanol–water partition coefficient (Wildman–Crippen LogP) is 2.22. The first-order valence-corrected chi connectivity index (χ1v) is 4.83. The van der Waals surface area contributed by atoms with Crippen LogP contribution in [0.15, 0.2) is 51.8 Å². The fourth-order valence-corrected chi connectivity index (χ4v) is 1.51. The van der Waals surface area contributed by atoms with Gasteiger partial charge in [-0.3, -0.25) is 4.79 Å². The second-order valence-corrected chi connectivity index (χ2v) is 3.76. The molecule has 0 fully saturated rings. The van der Waals surface area contributed by atoms with Crippen LogP contribution in [0, 0.1) is 0 Å². The minimum atomic E-state index is -0.989.